The molecule has 1 amide bonds. The van der Waals surface area contributed by atoms with Crippen LogP contribution in [0.5, 0.6) is 0 Å². The number of amides is 1. The van der Waals surface area contributed by atoms with E-state index in [0.29, 0.717) is 11.1 Å². The van der Waals surface area contributed by atoms with Crippen molar-refractivity contribution in [3.8, 4) is 0 Å². The quantitative estimate of drug-likeness (QED) is 0.104. The van der Waals surface area contributed by atoms with Crippen molar-refractivity contribution in [1.82, 2.24) is 0 Å². The molecule has 0 unspecified atom stereocenters. The fraction of sp³-hybridized carbons (Fsp3) is 0.150. The number of carbonyl (C=O) groups excluding carboxylic acids is 1. The predicted octanol–water partition coefficient (Wildman–Crippen LogP) is -6.45. The molecule has 16 heteroatoms. The zero-order valence-corrected chi connectivity index (χ0v) is 28.0. The molecule has 3 rings (SSSR count). The van der Waals surface area contributed by atoms with Crippen molar-refractivity contribution in [2.75, 3.05) is 5.32 Å². The van der Waals surface area contributed by atoms with Gasteiger partial charge in [-0.05, 0) is 43.4 Å². The molecule has 11 nitrogen and oxygen atoms in total. The van der Waals surface area contributed by atoms with Gasteiger partial charge in [-0.3, -0.25) is 23.3 Å². The first-order chi connectivity index (χ1) is 15.1. The molecule has 0 aliphatic carbocycles. The Bertz CT molecular complexity index is 1580. The number of hydrogen-bond acceptors (Lipinski definition) is 9. The molecule has 0 fully saturated rings. The van der Waals surface area contributed by atoms with E-state index in [0.717, 1.165) is 24.3 Å². The summed E-state index contributed by atoms with van der Waals surface area (Å²) in [6, 6.07) is 7.35. The molecule has 0 saturated carbocycles. The van der Waals surface area contributed by atoms with Crippen LogP contribution in [0.4, 0.5) is 11.4 Å². The van der Waals surface area contributed by atoms with Crippen molar-refractivity contribution in [3.63, 3.8) is 0 Å². The van der Waals surface area contributed by atoms with Gasteiger partial charge in [0.15, 0.2) is 0 Å². The van der Waals surface area contributed by atoms with E-state index in [1.807, 2.05) is 0 Å². The number of anilines is 1. The molecule has 0 atom stereocenters. The second-order valence-corrected chi connectivity index (χ2v) is 9.89. The van der Waals surface area contributed by atoms with Crippen LogP contribution in [0.2, 0.25) is 0 Å². The Morgan fingerprint density at radius 2 is 1.47 bits per heavy atom. The third-order valence-electron chi connectivity index (χ3n) is 5.02. The summed E-state index contributed by atoms with van der Waals surface area (Å²) in [5, 5.41) is 12.9. The summed E-state index contributed by atoms with van der Waals surface area (Å²) in [6.45, 7) is 4.43. The third-order valence-corrected chi connectivity index (χ3v) is 6.78. The standard InChI is InChI=1S/C20H17N2O9S2.3Na/c1-10-9-11(2)19(22(24)25)12(3)17(10)20(23)21-14-7-8-15(32(26,27)28)13-5-4-6-16(18(13)14)33(29,30)31;;;/h5-9H,1-3H3,(H,21,23)(H,26,27,28)(H,29,30,31);;;/q-1;3*+1/p-2. The topological polar surface area (TPSA) is 187 Å². The number of carbonyl (C=O) groups is 1. The number of fused-ring (bicyclic) bond motifs is 1. The van der Waals surface area contributed by atoms with Crippen LogP contribution in [-0.4, -0.2) is 36.8 Å². The molecule has 0 aliphatic heterocycles. The fourth-order valence-corrected chi connectivity index (χ4v) is 5.14. The molecule has 0 saturated heterocycles. The van der Waals surface area contributed by atoms with Gasteiger partial charge in [-0.15, -0.1) is 5.39 Å². The molecule has 0 aromatic heterocycles. The number of nitrogens with zero attached hydrogens (tertiary/aromatic N) is 1. The van der Waals surface area contributed by atoms with E-state index in [1.54, 1.807) is 6.92 Å². The summed E-state index contributed by atoms with van der Waals surface area (Å²) in [5.41, 5.74) is 0.158. The molecule has 1 N–H and O–H groups in total. The molecule has 36 heavy (non-hydrogen) atoms. The molecule has 174 valence electrons. The van der Waals surface area contributed by atoms with Crippen molar-refractivity contribution in [2.45, 2.75) is 30.6 Å². The minimum Gasteiger partial charge on any atom is -0.754 e. The number of nitro groups is 1. The van der Waals surface area contributed by atoms with Gasteiger partial charge in [0.2, 0.25) is 0 Å². The van der Waals surface area contributed by atoms with E-state index < -0.39 is 51.6 Å². The van der Waals surface area contributed by atoms with Gasteiger partial charge in [0.1, 0.15) is 10.1 Å². The Hall–Kier alpha value is -0.390. The van der Waals surface area contributed by atoms with E-state index in [1.165, 1.54) is 19.9 Å². The summed E-state index contributed by atoms with van der Waals surface area (Å²) >= 11 is 0. The van der Waals surface area contributed by atoms with Crippen LogP contribution in [0.3, 0.4) is 0 Å². The molecule has 0 heterocycles. The van der Waals surface area contributed by atoms with Gasteiger partial charge in [-0.1, -0.05) is 11.5 Å². The number of aryl methyl sites for hydroxylation is 2. The van der Waals surface area contributed by atoms with Gasteiger partial charge in [-0.25, -0.2) is 8.42 Å². The van der Waals surface area contributed by atoms with E-state index in [4.69, 9.17) is 0 Å². The Labute approximate surface area is 273 Å². The van der Waals surface area contributed by atoms with Crippen LogP contribution in [0, 0.1) is 37.0 Å². The van der Waals surface area contributed by atoms with Gasteiger partial charge in [0.25, 0.3) is 11.6 Å². The van der Waals surface area contributed by atoms with Crippen molar-refractivity contribution >= 4 is 48.3 Å². The van der Waals surface area contributed by atoms with Gasteiger partial charge >= 0.3 is 88.7 Å². The second kappa shape index (κ2) is 13.1. The van der Waals surface area contributed by atoms with Crippen LogP contribution in [0.1, 0.15) is 27.0 Å². The monoisotopic (exact) mass is 560 g/mol. The number of benzene rings is 3. The minimum atomic E-state index is -5.17. The minimum absolute atomic E-state index is 0. The smallest absolute Gasteiger partial charge is 0.754 e. The average molecular weight is 560 g/mol. The third kappa shape index (κ3) is 7.17. The van der Waals surface area contributed by atoms with E-state index >= 15 is 0 Å². The Kier molecular flexibility index (Phi) is 13.0. The van der Waals surface area contributed by atoms with Crippen molar-refractivity contribution < 1.29 is 124 Å². The first-order valence-corrected chi connectivity index (χ1v) is 11.9. The first-order valence-electron chi connectivity index (χ1n) is 9.09. The predicted molar refractivity (Wildman–Crippen MR) is 114 cm³/mol. The molecular weight excluding hydrogens is 545 g/mol. The molecule has 3 aromatic rings. The molecule has 0 radical (unpaired) electrons. The first kappa shape index (κ1) is 35.6. The van der Waals surface area contributed by atoms with Gasteiger partial charge in [0, 0.05) is 21.7 Å². The van der Waals surface area contributed by atoms with Crippen LogP contribution >= 0.6 is 0 Å². The molecule has 0 spiro atoms. The Morgan fingerprint density at radius 3 is 1.97 bits per heavy atom. The van der Waals surface area contributed by atoms with Crippen LogP contribution in [-0.2, 0) is 20.2 Å². The molecular formula is C20H15N2Na3O9S2. The van der Waals surface area contributed by atoms with Crippen molar-refractivity contribution in [2.24, 2.45) is 0 Å². The maximum absolute atomic E-state index is 13.1. The van der Waals surface area contributed by atoms with E-state index in [2.05, 4.69) is 11.4 Å². The summed E-state index contributed by atoms with van der Waals surface area (Å²) in [5.74, 6) is -0.866. The van der Waals surface area contributed by atoms with Crippen LogP contribution in [0.15, 0.2) is 40.1 Å². The van der Waals surface area contributed by atoms with Crippen LogP contribution < -0.4 is 94.0 Å². The van der Waals surface area contributed by atoms with Crippen molar-refractivity contribution in [1.29, 1.82) is 0 Å². The fourth-order valence-electron chi connectivity index (χ4n) is 3.79. The summed E-state index contributed by atoms with van der Waals surface area (Å²) < 4.78 is 70.3. The zero-order valence-electron chi connectivity index (χ0n) is 20.3. The number of nitrogens with one attached hydrogen (secondary N) is 1. The summed E-state index contributed by atoms with van der Waals surface area (Å²) in [4.78, 5) is 22.2. The Morgan fingerprint density at radius 1 is 0.917 bits per heavy atom. The SMILES string of the molecule is Cc1cc(C)c([N+](=O)[O-])c(C)c1C(=O)Nc1ccc(S(=O)(=O)[O-])c2c[c-]cc(S(=O)(=O)[O-])c12.[Na+].[Na+].[Na+]. The van der Waals surface area contributed by atoms with E-state index in [9.17, 15) is 40.8 Å². The summed E-state index contributed by atoms with van der Waals surface area (Å²) in [6.07, 6.45) is 0. The molecule has 3 aromatic carbocycles. The van der Waals surface area contributed by atoms with E-state index in [-0.39, 0.29) is 111 Å². The number of rotatable bonds is 5. The largest absolute Gasteiger partial charge is 1.00 e. The van der Waals surface area contributed by atoms with Crippen molar-refractivity contribution in [3.05, 3.63) is 68.8 Å². The maximum atomic E-state index is 13.1. The number of nitro benzene ring substituents is 1. The van der Waals surface area contributed by atoms with Crippen LogP contribution in [0.25, 0.3) is 10.8 Å². The zero-order chi connectivity index (χ0) is 24.9. The normalized spacial score (nSPS) is 11.0. The van der Waals surface area contributed by atoms with Gasteiger partial charge in [-0.2, -0.15) is 18.2 Å². The average Bonchev–Trinajstić information content (AvgIpc) is 2.65. The summed E-state index contributed by atoms with van der Waals surface area (Å²) in [7, 11) is -10.3. The molecule has 0 aliphatic rings. The Balaban J connectivity index is 0.00000408. The molecule has 0 bridgehead atoms. The second-order valence-electron chi connectivity index (χ2n) is 7.20. The number of hydrogen-bond donors (Lipinski definition) is 1. The van der Waals surface area contributed by atoms with Gasteiger partial charge < -0.3 is 14.4 Å². The van der Waals surface area contributed by atoms with Gasteiger partial charge in [0.05, 0.1) is 20.6 Å². The maximum Gasteiger partial charge on any atom is 1.00 e.